The standard InChI is InChI=1S/C19H23NO3/c1-22-14-5-13-20-19(21)17-8-10-18(11-9-17)23-15-12-16-6-3-2-4-7-16/h2-4,6-11H,5,12-15H2,1H3,(H,20,21). The minimum absolute atomic E-state index is 0.0723. The predicted molar refractivity (Wildman–Crippen MR) is 90.9 cm³/mol. The molecule has 0 heterocycles. The maximum Gasteiger partial charge on any atom is 0.251 e. The van der Waals surface area contributed by atoms with Gasteiger partial charge in [-0.25, -0.2) is 0 Å². The molecule has 0 aliphatic rings. The highest BCUT2D eigenvalue weighted by atomic mass is 16.5. The molecular weight excluding hydrogens is 290 g/mol. The summed E-state index contributed by atoms with van der Waals surface area (Å²) in [5.74, 6) is 0.703. The first-order chi connectivity index (χ1) is 11.3. The molecule has 0 bridgehead atoms. The summed E-state index contributed by atoms with van der Waals surface area (Å²) in [6, 6.07) is 17.4. The average Bonchev–Trinajstić information content (AvgIpc) is 2.60. The van der Waals surface area contributed by atoms with E-state index >= 15 is 0 Å². The summed E-state index contributed by atoms with van der Waals surface area (Å²) in [6.45, 7) is 1.88. The summed E-state index contributed by atoms with van der Waals surface area (Å²) in [5.41, 5.74) is 1.89. The minimum atomic E-state index is -0.0723. The van der Waals surface area contributed by atoms with Crippen molar-refractivity contribution in [3.8, 4) is 5.75 Å². The summed E-state index contributed by atoms with van der Waals surface area (Å²) >= 11 is 0. The zero-order valence-electron chi connectivity index (χ0n) is 13.5. The van der Waals surface area contributed by atoms with Crippen LogP contribution < -0.4 is 10.1 Å². The Morgan fingerprint density at radius 2 is 1.74 bits per heavy atom. The Morgan fingerprint density at radius 3 is 2.43 bits per heavy atom. The molecule has 2 rings (SSSR count). The van der Waals surface area contributed by atoms with Gasteiger partial charge in [0.1, 0.15) is 5.75 Å². The second-order valence-electron chi connectivity index (χ2n) is 5.21. The predicted octanol–water partition coefficient (Wildman–Crippen LogP) is 3.07. The van der Waals surface area contributed by atoms with Gasteiger partial charge in [-0.05, 0) is 36.2 Å². The van der Waals surface area contributed by atoms with E-state index in [4.69, 9.17) is 9.47 Å². The number of carbonyl (C=O) groups is 1. The Kier molecular flexibility index (Phi) is 7.14. The lowest BCUT2D eigenvalue weighted by Gasteiger charge is -2.08. The normalized spacial score (nSPS) is 10.3. The Hall–Kier alpha value is -2.33. The van der Waals surface area contributed by atoms with E-state index in [0.29, 0.717) is 25.3 Å². The van der Waals surface area contributed by atoms with Crippen molar-refractivity contribution < 1.29 is 14.3 Å². The van der Waals surface area contributed by atoms with E-state index < -0.39 is 0 Å². The van der Waals surface area contributed by atoms with Crippen molar-refractivity contribution in [3.05, 3.63) is 65.7 Å². The maximum absolute atomic E-state index is 11.9. The molecule has 122 valence electrons. The SMILES string of the molecule is COCCCNC(=O)c1ccc(OCCc2ccccc2)cc1. The summed E-state index contributed by atoms with van der Waals surface area (Å²) in [4.78, 5) is 11.9. The topological polar surface area (TPSA) is 47.6 Å². The van der Waals surface area contributed by atoms with E-state index in [1.54, 1.807) is 19.2 Å². The van der Waals surface area contributed by atoms with Gasteiger partial charge in [0.05, 0.1) is 6.61 Å². The Bertz CT molecular complexity index is 581. The van der Waals surface area contributed by atoms with Crippen LogP contribution in [0.1, 0.15) is 22.3 Å². The van der Waals surface area contributed by atoms with Crippen LogP contribution in [-0.4, -0.2) is 32.8 Å². The van der Waals surface area contributed by atoms with E-state index in [9.17, 15) is 4.79 Å². The fourth-order valence-electron chi connectivity index (χ4n) is 2.15. The van der Waals surface area contributed by atoms with Gasteiger partial charge in [0.25, 0.3) is 5.91 Å². The largest absolute Gasteiger partial charge is 0.493 e. The highest BCUT2D eigenvalue weighted by Crippen LogP contribution is 2.13. The van der Waals surface area contributed by atoms with Crippen LogP contribution in [0, 0.1) is 0 Å². The number of nitrogens with one attached hydrogen (secondary N) is 1. The molecule has 1 N–H and O–H groups in total. The first-order valence-corrected chi connectivity index (χ1v) is 7.83. The van der Waals surface area contributed by atoms with Crippen LogP contribution in [0.25, 0.3) is 0 Å². The molecule has 0 atom stereocenters. The molecule has 2 aromatic rings. The quantitative estimate of drug-likeness (QED) is 0.724. The zero-order valence-corrected chi connectivity index (χ0v) is 13.5. The monoisotopic (exact) mass is 313 g/mol. The number of benzene rings is 2. The number of methoxy groups -OCH3 is 1. The molecular formula is C19H23NO3. The molecule has 1 amide bonds. The maximum atomic E-state index is 11.9. The van der Waals surface area contributed by atoms with E-state index in [1.807, 2.05) is 30.3 Å². The molecule has 0 fully saturated rings. The summed E-state index contributed by atoms with van der Waals surface area (Å²) in [6.07, 6.45) is 1.67. The molecule has 0 unspecified atom stereocenters. The van der Waals surface area contributed by atoms with Crippen molar-refractivity contribution in [3.63, 3.8) is 0 Å². The number of hydrogen-bond donors (Lipinski definition) is 1. The van der Waals surface area contributed by atoms with E-state index in [0.717, 1.165) is 18.6 Å². The van der Waals surface area contributed by atoms with Crippen molar-refractivity contribution in [2.24, 2.45) is 0 Å². The number of rotatable bonds is 9. The molecule has 0 spiro atoms. The van der Waals surface area contributed by atoms with Crippen molar-refractivity contribution in [2.75, 3.05) is 26.9 Å². The van der Waals surface area contributed by atoms with E-state index in [-0.39, 0.29) is 5.91 Å². The Morgan fingerprint density at radius 1 is 1.00 bits per heavy atom. The third-order valence-corrected chi connectivity index (χ3v) is 3.43. The van der Waals surface area contributed by atoms with Crippen LogP contribution >= 0.6 is 0 Å². The van der Waals surface area contributed by atoms with Crippen molar-refractivity contribution in [1.82, 2.24) is 5.32 Å². The molecule has 4 heteroatoms. The number of carbonyl (C=O) groups excluding carboxylic acids is 1. The van der Waals surface area contributed by atoms with Gasteiger partial charge in [-0.15, -0.1) is 0 Å². The van der Waals surface area contributed by atoms with Gasteiger partial charge in [0.15, 0.2) is 0 Å². The molecule has 4 nitrogen and oxygen atoms in total. The molecule has 23 heavy (non-hydrogen) atoms. The van der Waals surface area contributed by atoms with Gasteiger partial charge in [-0.1, -0.05) is 30.3 Å². The fraction of sp³-hybridized carbons (Fsp3) is 0.316. The van der Waals surface area contributed by atoms with Crippen LogP contribution in [0.5, 0.6) is 5.75 Å². The second-order valence-corrected chi connectivity index (χ2v) is 5.21. The second kappa shape index (κ2) is 9.64. The first-order valence-electron chi connectivity index (χ1n) is 7.83. The lowest BCUT2D eigenvalue weighted by molar-refractivity contribution is 0.0948. The van der Waals surface area contributed by atoms with Crippen LogP contribution in [0.4, 0.5) is 0 Å². The van der Waals surface area contributed by atoms with Gasteiger partial charge < -0.3 is 14.8 Å². The van der Waals surface area contributed by atoms with Crippen molar-refractivity contribution in [2.45, 2.75) is 12.8 Å². The molecule has 0 radical (unpaired) electrons. The average molecular weight is 313 g/mol. The summed E-state index contributed by atoms with van der Waals surface area (Å²) < 4.78 is 10.7. The fourth-order valence-corrected chi connectivity index (χ4v) is 2.15. The van der Waals surface area contributed by atoms with Gasteiger partial charge in [-0.2, -0.15) is 0 Å². The van der Waals surface area contributed by atoms with Gasteiger partial charge in [-0.3, -0.25) is 4.79 Å². The third kappa shape index (κ3) is 6.12. The van der Waals surface area contributed by atoms with Crippen LogP contribution in [0.3, 0.4) is 0 Å². The first kappa shape index (κ1) is 17.0. The molecule has 0 saturated carbocycles. The Balaban J connectivity index is 1.74. The Labute approximate surface area is 137 Å². The highest BCUT2D eigenvalue weighted by Gasteiger charge is 2.04. The molecule has 2 aromatic carbocycles. The van der Waals surface area contributed by atoms with Crippen molar-refractivity contribution >= 4 is 5.91 Å². The summed E-state index contributed by atoms with van der Waals surface area (Å²) in [7, 11) is 1.65. The number of amides is 1. The summed E-state index contributed by atoms with van der Waals surface area (Å²) in [5, 5.41) is 2.86. The van der Waals surface area contributed by atoms with Crippen molar-refractivity contribution in [1.29, 1.82) is 0 Å². The van der Waals surface area contributed by atoms with Gasteiger partial charge in [0, 0.05) is 32.2 Å². The van der Waals surface area contributed by atoms with E-state index in [2.05, 4.69) is 17.4 Å². The number of hydrogen-bond acceptors (Lipinski definition) is 3. The minimum Gasteiger partial charge on any atom is -0.493 e. The van der Waals surface area contributed by atoms with Crippen LogP contribution in [-0.2, 0) is 11.2 Å². The molecule has 0 aliphatic carbocycles. The zero-order chi connectivity index (χ0) is 16.3. The molecule has 0 aromatic heterocycles. The lowest BCUT2D eigenvalue weighted by atomic mass is 10.2. The van der Waals surface area contributed by atoms with Gasteiger partial charge >= 0.3 is 0 Å². The van der Waals surface area contributed by atoms with E-state index in [1.165, 1.54) is 5.56 Å². The highest BCUT2D eigenvalue weighted by molar-refractivity contribution is 5.94. The third-order valence-electron chi connectivity index (χ3n) is 3.43. The lowest BCUT2D eigenvalue weighted by Crippen LogP contribution is -2.25. The molecule has 0 aliphatic heterocycles. The molecule has 0 saturated heterocycles. The van der Waals surface area contributed by atoms with Crippen LogP contribution in [0.2, 0.25) is 0 Å². The smallest absolute Gasteiger partial charge is 0.251 e. The number of ether oxygens (including phenoxy) is 2. The van der Waals surface area contributed by atoms with Gasteiger partial charge in [0.2, 0.25) is 0 Å². The van der Waals surface area contributed by atoms with Crippen LogP contribution in [0.15, 0.2) is 54.6 Å².